The lowest BCUT2D eigenvalue weighted by molar-refractivity contribution is -0.125. The Bertz CT molecular complexity index is 149. The standard InChI is InChI=1S/C5H12O3.C5H10O2/c1-5(2-6,3-7)4-8;1-5(2-6)3-7-4-5/h6-8H,2-4H2,1H3;6H,2-4H2,1H3. The molecule has 1 aliphatic heterocycles. The molecule has 0 unspecified atom stereocenters. The molecular weight excluding hydrogens is 200 g/mol. The van der Waals surface area contributed by atoms with Gasteiger partial charge in [0, 0.05) is 10.8 Å². The molecule has 0 saturated carbocycles. The van der Waals surface area contributed by atoms with E-state index in [0.29, 0.717) is 0 Å². The Morgan fingerprint density at radius 2 is 1.47 bits per heavy atom. The highest BCUT2D eigenvalue weighted by Gasteiger charge is 2.31. The van der Waals surface area contributed by atoms with Gasteiger partial charge in [0.15, 0.2) is 0 Å². The molecule has 0 aromatic carbocycles. The van der Waals surface area contributed by atoms with Crippen LogP contribution in [0.25, 0.3) is 0 Å². The van der Waals surface area contributed by atoms with Crippen LogP contribution in [0.2, 0.25) is 0 Å². The van der Waals surface area contributed by atoms with Crippen molar-refractivity contribution in [1.29, 1.82) is 0 Å². The minimum absolute atomic E-state index is 0.0972. The Labute approximate surface area is 90.3 Å². The first-order chi connectivity index (χ1) is 6.95. The van der Waals surface area contributed by atoms with Crippen molar-refractivity contribution in [2.24, 2.45) is 10.8 Å². The van der Waals surface area contributed by atoms with Crippen LogP contribution in [0.5, 0.6) is 0 Å². The summed E-state index contributed by atoms with van der Waals surface area (Å²) in [6.45, 7) is 4.78. The predicted octanol–water partition coefficient (Wildman–Crippen LogP) is -1.02. The van der Waals surface area contributed by atoms with Crippen LogP contribution < -0.4 is 0 Å². The molecule has 0 aromatic rings. The predicted molar refractivity (Wildman–Crippen MR) is 55.4 cm³/mol. The summed E-state index contributed by atoms with van der Waals surface area (Å²) < 4.78 is 4.87. The molecule has 1 aliphatic rings. The maximum Gasteiger partial charge on any atom is 0.0564 e. The van der Waals surface area contributed by atoms with Crippen molar-refractivity contribution >= 4 is 0 Å². The zero-order valence-corrected chi connectivity index (χ0v) is 9.44. The molecule has 0 aliphatic carbocycles. The number of rotatable bonds is 4. The zero-order valence-electron chi connectivity index (χ0n) is 9.44. The summed E-state index contributed by atoms with van der Waals surface area (Å²) in [4.78, 5) is 0. The van der Waals surface area contributed by atoms with Gasteiger partial charge in [-0.15, -0.1) is 0 Å². The quantitative estimate of drug-likeness (QED) is 0.489. The lowest BCUT2D eigenvalue weighted by Crippen LogP contribution is -2.42. The van der Waals surface area contributed by atoms with Gasteiger partial charge in [0.05, 0.1) is 39.6 Å². The highest BCUT2D eigenvalue weighted by Crippen LogP contribution is 2.24. The Morgan fingerprint density at radius 3 is 1.47 bits per heavy atom. The number of ether oxygens (including phenoxy) is 1. The summed E-state index contributed by atoms with van der Waals surface area (Å²) in [7, 11) is 0. The van der Waals surface area contributed by atoms with E-state index in [9.17, 15) is 0 Å². The van der Waals surface area contributed by atoms with Crippen LogP contribution >= 0.6 is 0 Å². The average molecular weight is 222 g/mol. The molecule has 1 fully saturated rings. The summed E-state index contributed by atoms with van der Waals surface area (Å²) in [5, 5.41) is 34.0. The van der Waals surface area contributed by atoms with Crippen LogP contribution in [0.1, 0.15) is 13.8 Å². The average Bonchev–Trinajstić information content (AvgIpc) is 2.25. The Kier molecular flexibility index (Phi) is 6.31. The van der Waals surface area contributed by atoms with Gasteiger partial charge < -0.3 is 25.2 Å². The minimum Gasteiger partial charge on any atom is -0.396 e. The second-order valence-corrected chi connectivity index (χ2v) is 4.75. The summed E-state index contributed by atoms with van der Waals surface area (Å²) in [5.41, 5.74) is -0.611. The summed E-state index contributed by atoms with van der Waals surface area (Å²) in [6, 6.07) is 0. The fourth-order valence-corrected chi connectivity index (χ4v) is 0.692. The fourth-order valence-electron chi connectivity index (χ4n) is 0.692. The third-order valence-corrected chi connectivity index (χ3v) is 2.43. The lowest BCUT2D eigenvalue weighted by Gasteiger charge is -2.35. The molecular formula is C10H22O5. The van der Waals surface area contributed by atoms with Crippen LogP contribution in [0.15, 0.2) is 0 Å². The minimum atomic E-state index is -0.708. The second-order valence-electron chi connectivity index (χ2n) is 4.75. The fraction of sp³-hybridized carbons (Fsp3) is 1.00. The van der Waals surface area contributed by atoms with Gasteiger partial charge in [-0.05, 0) is 0 Å². The maximum absolute atomic E-state index is 8.57. The largest absolute Gasteiger partial charge is 0.396 e. The highest BCUT2D eigenvalue weighted by atomic mass is 16.5. The molecule has 5 heteroatoms. The molecule has 1 saturated heterocycles. The molecule has 0 atom stereocenters. The molecule has 1 heterocycles. The molecule has 0 radical (unpaired) electrons. The van der Waals surface area contributed by atoms with Crippen molar-refractivity contribution in [3.05, 3.63) is 0 Å². The van der Waals surface area contributed by atoms with Crippen molar-refractivity contribution in [2.45, 2.75) is 13.8 Å². The molecule has 4 N–H and O–H groups in total. The first-order valence-corrected chi connectivity index (χ1v) is 4.96. The number of aliphatic hydroxyl groups excluding tert-OH is 4. The van der Waals surface area contributed by atoms with Crippen molar-refractivity contribution in [2.75, 3.05) is 39.6 Å². The van der Waals surface area contributed by atoms with Crippen LogP contribution in [-0.4, -0.2) is 60.1 Å². The normalized spacial score (nSPS) is 18.8. The van der Waals surface area contributed by atoms with E-state index < -0.39 is 5.41 Å². The highest BCUT2D eigenvalue weighted by molar-refractivity contribution is 4.78. The Hall–Kier alpha value is -0.200. The van der Waals surface area contributed by atoms with Crippen molar-refractivity contribution < 1.29 is 25.2 Å². The summed E-state index contributed by atoms with van der Waals surface area (Å²) in [6.07, 6.45) is 0. The van der Waals surface area contributed by atoms with Gasteiger partial charge in [0.1, 0.15) is 0 Å². The first-order valence-electron chi connectivity index (χ1n) is 4.96. The van der Waals surface area contributed by atoms with Gasteiger partial charge in [-0.25, -0.2) is 0 Å². The maximum atomic E-state index is 8.57. The topological polar surface area (TPSA) is 90.2 Å². The van der Waals surface area contributed by atoms with Crippen LogP contribution in [0.3, 0.4) is 0 Å². The number of hydrogen-bond acceptors (Lipinski definition) is 5. The van der Waals surface area contributed by atoms with E-state index in [1.165, 1.54) is 0 Å². The van der Waals surface area contributed by atoms with Gasteiger partial charge in [-0.2, -0.15) is 0 Å². The van der Waals surface area contributed by atoms with Crippen LogP contribution in [0.4, 0.5) is 0 Å². The van der Waals surface area contributed by atoms with Gasteiger partial charge in [-0.1, -0.05) is 13.8 Å². The summed E-state index contributed by atoms with van der Waals surface area (Å²) in [5.74, 6) is 0. The third-order valence-electron chi connectivity index (χ3n) is 2.43. The monoisotopic (exact) mass is 222 g/mol. The molecule has 92 valence electrons. The van der Waals surface area contributed by atoms with Gasteiger partial charge in [-0.3, -0.25) is 0 Å². The Balaban J connectivity index is 0.000000262. The van der Waals surface area contributed by atoms with E-state index >= 15 is 0 Å². The molecule has 0 bridgehead atoms. The van der Waals surface area contributed by atoms with Gasteiger partial charge in [0.2, 0.25) is 0 Å². The molecule has 5 nitrogen and oxygen atoms in total. The van der Waals surface area contributed by atoms with E-state index in [1.54, 1.807) is 6.92 Å². The SMILES string of the molecule is CC(CO)(CO)CO.CC1(CO)COC1. The van der Waals surface area contributed by atoms with Crippen LogP contribution in [-0.2, 0) is 4.74 Å². The van der Waals surface area contributed by atoms with Crippen molar-refractivity contribution in [1.82, 2.24) is 0 Å². The van der Waals surface area contributed by atoms with E-state index in [1.807, 2.05) is 6.92 Å². The van der Waals surface area contributed by atoms with Gasteiger partial charge in [0.25, 0.3) is 0 Å². The lowest BCUT2D eigenvalue weighted by atomic mass is 9.90. The van der Waals surface area contributed by atoms with Crippen molar-refractivity contribution in [3.8, 4) is 0 Å². The molecule has 0 aromatic heterocycles. The van der Waals surface area contributed by atoms with E-state index in [4.69, 9.17) is 25.2 Å². The molecule has 15 heavy (non-hydrogen) atoms. The molecule has 0 amide bonds. The van der Waals surface area contributed by atoms with Gasteiger partial charge >= 0.3 is 0 Å². The smallest absolute Gasteiger partial charge is 0.0564 e. The third kappa shape index (κ3) is 4.90. The number of aliphatic hydroxyl groups is 4. The van der Waals surface area contributed by atoms with Crippen LogP contribution in [0, 0.1) is 10.8 Å². The van der Waals surface area contributed by atoms with E-state index in [2.05, 4.69) is 0 Å². The molecule has 1 rings (SSSR count). The zero-order chi connectivity index (χ0) is 11.9. The van der Waals surface area contributed by atoms with Crippen molar-refractivity contribution in [3.63, 3.8) is 0 Å². The molecule has 0 spiro atoms. The summed E-state index contributed by atoms with van der Waals surface area (Å²) >= 11 is 0. The first kappa shape index (κ1) is 14.8. The Morgan fingerprint density at radius 1 is 1.07 bits per heavy atom. The number of hydrogen-bond donors (Lipinski definition) is 4. The second kappa shape index (κ2) is 6.40. The van der Waals surface area contributed by atoms with E-state index in [-0.39, 0.29) is 31.8 Å². The van der Waals surface area contributed by atoms with E-state index in [0.717, 1.165) is 13.2 Å².